The Morgan fingerprint density at radius 1 is 0.971 bits per heavy atom. The lowest BCUT2D eigenvalue weighted by Crippen LogP contribution is -2.49. The number of fused-ring (bicyclic) bond motifs is 2. The molecule has 3 aromatic carbocycles. The molecule has 5 rings (SSSR count). The smallest absolute Gasteiger partial charge is 0.318 e. The minimum absolute atomic E-state index is 0.0193. The molecule has 0 saturated carbocycles. The quantitative estimate of drug-likeness (QED) is 0.421. The third-order valence-electron chi connectivity index (χ3n) is 6.55. The number of amides is 2. The van der Waals surface area contributed by atoms with Crippen LogP contribution in [-0.4, -0.2) is 36.2 Å². The van der Waals surface area contributed by atoms with E-state index in [0.29, 0.717) is 25.5 Å². The molecule has 1 saturated heterocycles. The molecule has 0 spiro atoms. The molecule has 35 heavy (non-hydrogen) atoms. The fourth-order valence-electron chi connectivity index (χ4n) is 4.90. The summed E-state index contributed by atoms with van der Waals surface area (Å²) in [5, 5.41) is 2.99. The van der Waals surface area contributed by atoms with Crippen molar-refractivity contribution in [1.82, 2.24) is 10.2 Å². The van der Waals surface area contributed by atoms with Crippen molar-refractivity contribution in [2.24, 2.45) is 0 Å². The van der Waals surface area contributed by atoms with Crippen LogP contribution >= 0.6 is 0 Å². The van der Waals surface area contributed by atoms with Crippen LogP contribution < -0.4 is 14.8 Å². The number of para-hydroxylation sites is 1. The predicted octanol–water partition coefficient (Wildman–Crippen LogP) is 5.81. The Hall–Kier alpha value is -3.80. The number of hydrogen-bond donors (Lipinski definition) is 1. The first-order chi connectivity index (χ1) is 17.2. The third kappa shape index (κ3) is 5.48. The summed E-state index contributed by atoms with van der Waals surface area (Å²) in [5.41, 5.74) is 3.03. The summed E-state index contributed by atoms with van der Waals surface area (Å²) in [6, 6.07) is 24.2. The molecule has 2 heterocycles. The van der Waals surface area contributed by atoms with E-state index in [4.69, 9.17) is 9.47 Å². The van der Waals surface area contributed by atoms with Gasteiger partial charge in [-0.1, -0.05) is 54.6 Å². The monoisotopic (exact) mass is 472 g/mol. The second-order valence-corrected chi connectivity index (χ2v) is 8.91. The zero-order chi connectivity index (χ0) is 24.0. The van der Waals surface area contributed by atoms with Gasteiger partial charge in [0.1, 0.15) is 30.5 Å². The summed E-state index contributed by atoms with van der Waals surface area (Å²) in [5.74, 6) is 1.00. The first-order valence-electron chi connectivity index (χ1n) is 12.1. The summed E-state index contributed by atoms with van der Waals surface area (Å²) < 4.78 is 25.8. The summed E-state index contributed by atoms with van der Waals surface area (Å²) in [7, 11) is 0. The van der Waals surface area contributed by atoms with Gasteiger partial charge in [-0.05, 0) is 54.7 Å². The summed E-state index contributed by atoms with van der Waals surface area (Å²) in [6.07, 6.45) is 4.73. The Kier molecular flexibility index (Phi) is 6.98. The maximum atomic E-state index is 14.1. The van der Waals surface area contributed by atoms with Crippen LogP contribution in [0.3, 0.4) is 0 Å². The van der Waals surface area contributed by atoms with E-state index < -0.39 is 0 Å². The fourth-order valence-corrected chi connectivity index (χ4v) is 4.90. The number of urea groups is 1. The second kappa shape index (κ2) is 10.6. The molecule has 2 aliphatic rings. The van der Waals surface area contributed by atoms with Gasteiger partial charge >= 0.3 is 6.03 Å². The van der Waals surface area contributed by atoms with Crippen molar-refractivity contribution < 1.29 is 18.7 Å². The van der Waals surface area contributed by atoms with Crippen molar-refractivity contribution >= 4 is 11.6 Å². The van der Waals surface area contributed by atoms with Gasteiger partial charge in [0.15, 0.2) is 0 Å². The SMILES string of the molecule is O=C(NCCOc1ccccc1)N1[C@H]2CC[C@@H]1C=C(c1ccc(F)cc1OCc1ccccc1)C2. The molecule has 3 aromatic rings. The molecule has 2 amide bonds. The number of rotatable bonds is 8. The van der Waals surface area contributed by atoms with Gasteiger partial charge in [-0.25, -0.2) is 9.18 Å². The van der Waals surface area contributed by atoms with Crippen molar-refractivity contribution in [2.45, 2.75) is 38.0 Å². The standard InChI is InChI=1S/C29H29FN2O3/c30-23-11-14-27(28(19-23)35-20-21-7-3-1-4-8-21)22-17-24-12-13-25(18-22)32(24)29(33)31-15-16-34-26-9-5-2-6-10-26/h1-11,14,17,19,24-25H,12-13,15-16,18,20H2,(H,31,33)/t24-,25+/m1/s1. The van der Waals surface area contributed by atoms with E-state index in [1.165, 1.54) is 12.1 Å². The molecule has 0 aliphatic carbocycles. The van der Waals surface area contributed by atoms with Crippen LogP contribution in [0.25, 0.3) is 5.57 Å². The molecule has 2 atom stereocenters. The number of nitrogens with one attached hydrogen (secondary N) is 1. The number of hydrogen-bond acceptors (Lipinski definition) is 3. The molecular formula is C29H29FN2O3. The molecule has 0 aromatic heterocycles. The van der Waals surface area contributed by atoms with Crippen LogP contribution in [0.1, 0.15) is 30.4 Å². The highest BCUT2D eigenvalue weighted by Gasteiger charge is 2.40. The third-order valence-corrected chi connectivity index (χ3v) is 6.55. The Labute approximate surface area is 205 Å². The Morgan fingerprint density at radius 3 is 2.51 bits per heavy atom. The predicted molar refractivity (Wildman–Crippen MR) is 134 cm³/mol. The molecule has 2 bridgehead atoms. The van der Waals surface area contributed by atoms with Gasteiger partial charge in [0.05, 0.1) is 12.6 Å². The highest BCUT2D eigenvalue weighted by Crippen LogP contribution is 2.41. The van der Waals surface area contributed by atoms with E-state index in [0.717, 1.165) is 41.7 Å². The molecule has 1 fully saturated rings. The van der Waals surface area contributed by atoms with Crippen molar-refractivity contribution in [2.75, 3.05) is 13.2 Å². The van der Waals surface area contributed by atoms with E-state index in [1.54, 1.807) is 6.07 Å². The van der Waals surface area contributed by atoms with Gasteiger partial charge < -0.3 is 19.7 Å². The highest BCUT2D eigenvalue weighted by molar-refractivity contribution is 5.79. The van der Waals surface area contributed by atoms with Crippen LogP contribution in [0.2, 0.25) is 0 Å². The normalized spacial score (nSPS) is 18.7. The number of carbonyl (C=O) groups is 1. The lowest BCUT2D eigenvalue weighted by molar-refractivity contribution is 0.177. The van der Waals surface area contributed by atoms with E-state index in [2.05, 4.69) is 11.4 Å². The number of halogens is 1. The average Bonchev–Trinajstić information content (AvgIpc) is 3.16. The highest BCUT2D eigenvalue weighted by atomic mass is 19.1. The number of nitrogens with zero attached hydrogens (tertiary/aromatic N) is 1. The lowest BCUT2D eigenvalue weighted by atomic mass is 9.94. The molecule has 1 N–H and O–H groups in total. The zero-order valence-electron chi connectivity index (χ0n) is 19.5. The van der Waals surface area contributed by atoms with Gasteiger partial charge in [0.2, 0.25) is 0 Å². The number of ether oxygens (including phenoxy) is 2. The number of benzene rings is 3. The maximum Gasteiger partial charge on any atom is 0.318 e. The number of carbonyl (C=O) groups excluding carboxylic acids is 1. The van der Waals surface area contributed by atoms with Gasteiger partial charge in [-0.15, -0.1) is 0 Å². The van der Waals surface area contributed by atoms with Crippen LogP contribution in [0.4, 0.5) is 9.18 Å². The zero-order valence-corrected chi connectivity index (χ0v) is 19.5. The lowest BCUT2D eigenvalue weighted by Gasteiger charge is -2.34. The van der Waals surface area contributed by atoms with Crippen molar-refractivity contribution in [3.8, 4) is 11.5 Å². The maximum absolute atomic E-state index is 14.1. The van der Waals surface area contributed by atoms with Crippen molar-refractivity contribution in [3.63, 3.8) is 0 Å². The Bertz CT molecular complexity index is 1180. The molecular weight excluding hydrogens is 443 g/mol. The second-order valence-electron chi connectivity index (χ2n) is 8.91. The topological polar surface area (TPSA) is 50.8 Å². The Morgan fingerprint density at radius 2 is 1.74 bits per heavy atom. The summed E-state index contributed by atoms with van der Waals surface area (Å²) >= 11 is 0. The van der Waals surface area contributed by atoms with E-state index in [9.17, 15) is 9.18 Å². The van der Waals surface area contributed by atoms with Crippen molar-refractivity contribution in [1.29, 1.82) is 0 Å². The van der Waals surface area contributed by atoms with Gasteiger partial charge in [0.25, 0.3) is 0 Å². The van der Waals surface area contributed by atoms with Gasteiger partial charge in [-0.3, -0.25) is 0 Å². The average molecular weight is 473 g/mol. The molecule has 180 valence electrons. The fraction of sp³-hybridized carbons (Fsp3) is 0.276. The van der Waals surface area contributed by atoms with E-state index in [1.807, 2.05) is 65.6 Å². The van der Waals surface area contributed by atoms with Crippen LogP contribution in [0.15, 0.2) is 84.9 Å². The van der Waals surface area contributed by atoms with Crippen molar-refractivity contribution in [3.05, 3.63) is 102 Å². The summed E-state index contributed by atoms with van der Waals surface area (Å²) in [4.78, 5) is 14.9. The minimum atomic E-state index is -0.324. The minimum Gasteiger partial charge on any atom is -0.492 e. The van der Waals surface area contributed by atoms with Gasteiger partial charge in [0, 0.05) is 17.7 Å². The van der Waals surface area contributed by atoms with Crippen LogP contribution in [-0.2, 0) is 6.61 Å². The van der Waals surface area contributed by atoms with E-state index >= 15 is 0 Å². The van der Waals surface area contributed by atoms with Crippen LogP contribution in [0.5, 0.6) is 11.5 Å². The molecule has 5 nitrogen and oxygen atoms in total. The van der Waals surface area contributed by atoms with Gasteiger partial charge in [-0.2, -0.15) is 0 Å². The largest absolute Gasteiger partial charge is 0.492 e. The molecule has 2 aliphatic heterocycles. The molecule has 0 radical (unpaired) electrons. The molecule has 6 heteroatoms. The van der Waals surface area contributed by atoms with E-state index in [-0.39, 0.29) is 23.9 Å². The first kappa shape index (κ1) is 23.0. The summed E-state index contributed by atoms with van der Waals surface area (Å²) in [6.45, 7) is 1.23. The van der Waals surface area contributed by atoms with Crippen LogP contribution in [0, 0.1) is 5.82 Å². The Balaban J connectivity index is 1.23. The first-order valence-corrected chi connectivity index (χ1v) is 12.1. The molecule has 0 unspecified atom stereocenters.